The maximum Gasteiger partial charge on any atom is 0.239 e. The van der Waals surface area contributed by atoms with E-state index in [4.69, 9.17) is 25.8 Å². The first kappa shape index (κ1) is 18.7. The van der Waals surface area contributed by atoms with E-state index in [1.54, 1.807) is 12.1 Å². The fourth-order valence-corrected chi connectivity index (χ4v) is 2.34. The summed E-state index contributed by atoms with van der Waals surface area (Å²) in [5, 5.41) is 6.22. The molecule has 0 bridgehead atoms. The average Bonchev–Trinajstić information content (AvgIpc) is 2.64. The third kappa shape index (κ3) is 5.76. The second kappa shape index (κ2) is 9.64. The summed E-state index contributed by atoms with van der Waals surface area (Å²) >= 11 is 6.05. The maximum atomic E-state index is 11.9. The van der Waals surface area contributed by atoms with Gasteiger partial charge in [-0.05, 0) is 12.1 Å². The zero-order chi connectivity index (χ0) is 18.1. The molecule has 0 saturated heterocycles. The Balaban J connectivity index is 1.78. The van der Waals surface area contributed by atoms with Crippen LogP contribution in [0.1, 0.15) is 0 Å². The van der Waals surface area contributed by atoms with Crippen LogP contribution in [0.15, 0.2) is 42.5 Å². The molecule has 0 heterocycles. The Kier molecular flexibility index (Phi) is 7.22. The van der Waals surface area contributed by atoms with Crippen LogP contribution in [-0.4, -0.2) is 39.8 Å². The van der Waals surface area contributed by atoms with Gasteiger partial charge >= 0.3 is 0 Å². The second-order valence-corrected chi connectivity index (χ2v) is 5.46. The summed E-state index contributed by atoms with van der Waals surface area (Å²) in [6.07, 6.45) is 0. The fourth-order valence-electron chi connectivity index (χ4n) is 2.11. The quantitative estimate of drug-likeness (QED) is 0.669. The number of amides is 1. The molecule has 0 aliphatic heterocycles. The fraction of sp³-hybridized carbons (Fsp3) is 0.278. The Morgan fingerprint density at radius 1 is 1.08 bits per heavy atom. The van der Waals surface area contributed by atoms with Crippen molar-refractivity contribution >= 4 is 23.2 Å². The van der Waals surface area contributed by atoms with Crippen LogP contribution in [-0.2, 0) is 4.79 Å². The minimum Gasteiger partial charge on any atom is -0.495 e. The highest BCUT2D eigenvalue weighted by molar-refractivity contribution is 6.32. The summed E-state index contributed by atoms with van der Waals surface area (Å²) in [5.41, 5.74) is 0.624. The summed E-state index contributed by atoms with van der Waals surface area (Å²) < 4.78 is 15.9. The van der Waals surface area contributed by atoms with Crippen LogP contribution in [0.25, 0.3) is 0 Å². The van der Waals surface area contributed by atoms with E-state index in [9.17, 15) is 4.79 Å². The van der Waals surface area contributed by atoms with E-state index in [0.29, 0.717) is 35.4 Å². The zero-order valence-corrected chi connectivity index (χ0v) is 14.9. The van der Waals surface area contributed by atoms with Gasteiger partial charge < -0.3 is 24.8 Å². The zero-order valence-electron chi connectivity index (χ0n) is 14.2. The molecule has 0 radical (unpaired) electrons. The van der Waals surface area contributed by atoms with Crippen LogP contribution in [0.4, 0.5) is 5.69 Å². The van der Waals surface area contributed by atoms with Gasteiger partial charge in [-0.1, -0.05) is 29.8 Å². The molecule has 2 N–H and O–H groups in total. The molecule has 2 aromatic rings. The number of ether oxygens (including phenoxy) is 3. The number of hydrogen-bond acceptors (Lipinski definition) is 5. The number of anilines is 1. The van der Waals surface area contributed by atoms with Crippen molar-refractivity contribution in [2.24, 2.45) is 0 Å². The number of halogens is 1. The number of carbonyl (C=O) groups excluding carboxylic acids is 1. The van der Waals surface area contributed by atoms with Gasteiger partial charge in [-0.2, -0.15) is 0 Å². The number of methoxy groups -OCH3 is 2. The third-order valence-electron chi connectivity index (χ3n) is 3.35. The van der Waals surface area contributed by atoms with Crippen LogP contribution in [0.2, 0.25) is 5.02 Å². The van der Waals surface area contributed by atoms with Crippen LogP contribution in [0.5, 0.6) is 17.2 Å². The van der Waals surface area contributed by atoms with Crippen molar-refractivity contribution in [1.82, 2.24) is 5.32 Å². The standard InChI is InChI=1S/C18H21ClN2O4/c1-23-16-11-15(17(24-2)10-14(16)19)21-12-18(22)20-8-9-25-13-6-4-3-5-7-13/h3-7,10-11,21H,8-9,12H2,1-2H3,(H,20,22). The van der Waals surface area contributed by atoms with E-state index in [1.165, 1.54) is 14.2 Å². The van der Waals surface area contributed by atoms with Gasteiger partial charge in [0.15, 0.2) is 0 Å². The van der Waals surface area contributed by atoms with Crippen molar-refractivity contribution in [2.75, 3.05) is 39.2 Å². The maximum absolute atomic E-state index is 11.9. The molecule has 134 valence electrons. The first-order chi connectivity index (χ1) is 12.1. The molecule has 1 amide bonds. The Hall–Kier alpha value is -2.60. The van der Waals surface area contributed by atoms with E-state index in [1.807, 2.05) is 30.3 Å². The number of benzene rings is 2. The van der Waals surface area contributed by atoms with Gasteiger partial charge in [0.05, 0.1) is 38.0 Å². The van der Waals surface area contributed by atoms with Gasteiger partial charge in [-0.25, -0.2) is 0 Å². The smallest absolute Gasteiger partial charge is 0.239 e. The van der Waals surface area contributed by atoms with E-state index in [-0.39, 0.29) is 12.5 Å². The summed E-state index contributed by atoms with van der Waals surface area (Å²) in [5.74, 6) is 1.65. The lowest BCUT2D eigenvalue weighted by Crippen LogP contribution is -2.33. The van der Waals surface area contributed by atoms with E-state index < -0.39 is 0 Å². The molecule has 2 aromatic carbocycles. The van der Waals surface area contributed by atoms with Crippen molar-refractivity contribution < 1.29 is 19.0 Å². The Morgan fingerprint density at radius 2 is 1.80 bits per heavy atom. The number of nitrogens with one attached hydrogen (secondary N) is 2. The monoisotopic (exact) mass is 364 g/mol. The first-order valence-corrected chi connectivity index (χ1v) is 8.11. The lowest BCUT2D eigenvalue weighted by Gasteiger charge is -2.14. The Labute approximate surface area is 152 Å². The van der Waals surface area contributed by atoms with Crippen molar-refractivity contribution in [3.63, 3.8) is 0 Å². The van der Waals surface area contributed by atoms with Gasteiger partial charge in [0.1, 0.15) is 23.9 Å². The topological polar surface area (TPSA) is 68.8 Å². The molecule has 0 saturated carbocycles. The molecule has 0 atom stereocenters. The van der Waals surface area contributed by atoms with Crippen molar-refractivity contribution in [3.05, 3.63) is 47.5 Å². The molecule has 25 heavy (non-hydrogen) atoms. The third-order valence-corrected chi connectivity index (χ3v) is 3.64. The minimum absolute atomic E-state index is 0.0898. The molecule has 0 unspecified atom stereocenters. The van der Waals surface area contributed by atoms with E-state index in [2.05, 4.69) is 10.6 Å². The predicted octanol–water partition coefficient (Wildman–Crippen LogP) is 2.96. The molecule has 0 aromatic heterocycles. The predicted molar refractivity (Wildman–Crippen MR) is 98.0 cm³/mol. The summed E-state index contributed by atoms with van der Waals surface area (Å²) in [7, 11) is 3.06. The minimum atomic E-state index is -0.160. The Bertz CT molecular complexity index is 695. The van der Waals surface area contributed by atoms with E-state index in [0.717, 1.165) is 5.75 Å². The van der Waals surface area contributed by atoms with Gasteiger partial charge in [0.25, 0.3) is 0 Å². The number of carbonyl (C=O) groups is 1. The molecule has 0 aliphatic carbocycles. The van der Waals surface area contributed by atoms with Gasteiger partial charge in [0.2, 0.25) is 5.91 Å². The molecule has 6 nitrogen and oxygen atoms in total. The normalized spacial score (nSPS) is 10.0. The van der Waals surface area contributed by atoms with Crippen LogP contribution in [0, 0.1) is 0 Å². The molecule has 7 heteroatoms. The summed E-state index contributed by atoms with van der Waals surface area (Å²) in [4.78, 5) is 11.9. The lowest BCUT2D eigenvalue weighted by atomic mass is 10.2. The summed E-state index contributed by atoms with van der Waals surface area (Å²) in [6, 6.07) is 12.8. The summed E-state index contributed by atoms with van der Waals surface area (Å²) in [6.45, 7) is 0.900. The van der Waals surface area contributed by atoms with Crippen LogP contribution in [0.3, 0.4) is 0 Å². The van der Waals surface area contributed by atoms with Gasteiger partial charge in [-0.3, -0.25) is 4.79 Å². The second-order valence-electron chi connectivity index (χ2n) is 5.05. The Morgan fingerprint density at radius 3 is 2.48 bits per heavy atom. The number of rotatable bonds is 9. The number of hydrogen-bond donors (Lipinski definition) is 2. The lowest BCUT2D eigenvalue weighted by molar-refractivity contribution is -0.119. The van der Waals surface area contributed by atoms with Gasteiger partial charge in [-0.15, -0.1) is 0 Å². The molecular formula is C18H21ClN2O4. The van der Waals surface area contributed by atoms with Gasteiger partial charge in [0, 0.05) is 12.1 Å². The van der Waals surface area contributed by atoms with Crippen molar-refractivity contribution in [3.8, 4) is 17.2 Å². The molecule has 2 rings (SSSR count). The molecular weight excluding hydrogens is 344 g/mol. The largest absolute Gasteiger partial charge is 0.495 e. The SMILES string of the molecule is COc1cc(NCC(=O)NCCOc2ccccc2)c(OC)cc1Cl. The molecule has 0 spiro atoms. The van der Waals surface area contributed by atoms with Crippen LogP contribution >= 0.6 is 11.6 Å². The molecule has 0 fully saturated rings. The van der Waals surface area contributed by atoms with Crippen molar-refractivity contribution in [1.29, 1.82) is 0 Å². The highest BCUT2D eigenvalue weighted by Crippen LogP contribution is 2.35. The van der Waals surface area contributed by atoms with Crippen molar-refractivity contribution in [2.45, 2.75) is 0 Å². The highest BCUT2D eigenvalue weighted by Gasteiger charge is 2.11. The van der Waals surface area contributed by atoms with E-state index >= 15 is 0 Å². The molecule has 0 aliphatic rings. The number of para-hydroxylation sites is 1. The average molecular weight is 365 g/mol. The first-order valence-electron chi connectivity index (χ1n) is 7.74. The highest BCUT2D eigenvalue weighted by atomic mass is 35.5. The van der Waals surface area contributed by atoms with Crippen LogP contribution < -0.4 is 24.8 Å².